The predicted molar refractivity (Wildman–Crippen MR) is 38.0 cm³/mol. The molecule has 0 saturated heterocycles. The van der Waals surface area contributed by atoms with E-state index in [2.05, 4.69) is 15.9 Å². The van der Waals surface area contributed by atoms with Crippen molar-refractivity contribution >= 4 is 21.7 Å². The van der Waals surface area contributed by atoms with E-state index in [0.717, 1.165) is 4.48 Å². The number of allylic oxidation sites excluding steroid dienone is 2. The topological polar surface area (TPSA) is 17.1 Å². The first kappa shape index (κ1) is 7.89. The van der Waals surface area contributed by atoms with Gasteiger partial charge in [-0.25, -0.2) is 0 Å². The lowest BCUT2D eigenvalue weighted by Gasteiger charge is -1.83. The molecule has 0 aromatic carbocycles. The lowest BCUT2D eigenvalue weighted by molar-refractivity contribution is -0.114. The fourth-order valence-electron chi connectivity index (χ4n) is 0.324. The van der Waals surface area contributed by atoms with Crippen LogP contribution in [-0.4, -0.2) is 5.78 Å². The van der Waals surface area contributed by atoms with E-state index >= 15 is 0 Å². The smallest absolute Gasteiger partial charge is 0.156 e. The molecular weight excluding hydrogens is 168 g/mol. The second-order valence-electron chi connectivity index (χ2n) is 1.55. The highest BCUT2D eigenvalue weighted by Gasteiger charge is 1.89. The van der Waals surface area contributed by atoms with Gasteiger partial charge in [-0.15, -0.1) is 0 Å². The Morgan fingerprint density at radius 2 is 2.25 bits per heavy atom. The summed E-state index contributed by atoms with van der Waals surface area (Å²) in [6.45, 7) is 3.68. The Bertz CT molecular complexity index is 112. The van der Waals surface area contributed by atoms with E-state index in [1.165, 1.54) is 0 Å². The van der Waals surface area contributed by atoms with Crippen molar-refractivity contribution in [1.29, 1.82) is 0 Å². The molecule has 1 nitrogen and oxygen atoms in total. The van der Waals surface area contributed by atoms with Gasteiger partial charge in [0, 0.05) is 6.42 Å². The molecule has 46 valence electrons. The zero-order chi connectivity index (χ0) is 6.57. The molecule has 0 rings (SSSR count). The molecule has 0 aliphatic carbocycles. The molecule has 0 aromatic heterocycles. The van der Waals surface area contributed by atoms with Gasteiger partial charge in [-0.05, 0) is 17.5 Å². The lowest BCUT2D eigenvalue weighted by atomic mass is 10.3. The third-order valence-corrected chi connectivity index (χ3v) is 0.937. The Kier molecular flexibility index (Phi) is 3.79. The monoisotopic (exact) mass is 176 g/mol. The summed E-state index contributed by atoms with van der Waals surface area (Å²) in [6.07, 6.45) is 2.17. The molecule has 0 aliphatic heterocycles. The zero-order valence-corrected chi connectivity index (χ0v) is 6.66. The Balaban J connectivity index is 3.70. The Morgan fingerprint density at radius 1 is 1.75 bits per heavy atom. The minimum absolute atomic E-state index is 0.166. The maximum Gasteiger partial charge on any atom is 0.156 e. The fourth-order valence-corrected chi connectivity index (χ4v) is 0.579. The molecule has 0 fully saturated rings. The van der Waals surface area contributed by atoms with E-state index in [1.807, 2.05) is 13.8 Å². The first-order chi connectivity index (χ1) is 3.66. The van der Waals surface area contributed by atoms with Crippen molar-refractivity contribution in [2.24, 2.45) is 0 Å². The van der Waals surface area contributed by atoms with Crippen LogP contribution < -0.4 is 0 Å². The van der Waals surface area contributed by atoms with Gasteiger partial charge < -0.3 is 0 Å². The normalized spacial score (nSPS) is 11.6. The third kappa shape index (κ3) is 4.06. The SMILES string of the molecule is CCC(=O)/C=C(/C)Br. The minimum Gasteiger partial charge on any atom is -0.295 e. The zero-order valence-electron chi connectivity index (χ0n) is 5.07. The number of ketones is 1. The standard InChI is InChI=1S/C6H9BrO/c1-3-6(8)4-5(2)7/h4H,3H2,1-2H3/b5-4-. The number of carbonyl (C=O) groups is 1. The highest BCUT2D eigenvalue weighted by Crippen LogP contribution is 2.01. The Hall–Kier alpha value is -0.110. The van der Waals surface area contributed by atoms with Crippen molar-refractivity contribution in [2.45, 2.75) is 20.3 Å². The highest BCUT2D eigenvalue weighted by molar-refractivity contribution is 9.11. The average molecular weight is 177 g/mol. The van der Waals surface area contributed by atoms with Gasteiger partial charge in [-0.1, -0.05) is 22.9 Å². The van der Waals surface area contributed by atoms with Gasteiger partial charge in [-0.3, -0.25) is 4.79 Å². The van der Waals surface area contributed by atoms with Crippen LogP contribution in [-0.2, 0) is 4.79 Å². The van der Waals surface area contributed by atoms with Gasteiger partial charge in [0.15, 0.2) is 5.78 Å². The summed E-state index contributed by atoms with van der Waals surface area (Å²) in [5, 5.41) is 0. The van der Waals surface area contributed by atoms with Crippen molar-refractivity contribution < 1.29 is 4.79 Å². The van der Waals surface area contributed by atoms with Gasteiger partial charge in [0.25, 0.3) is 0 Å². The maximum atomic E-state index is 10.5. The summed E-state index contributed by atoms with van der Waals surface area (Å²) in [5.41, 5.74) is 0. The summed E-state index contributed by atoms with van der Waals surface area (Å²) >= 11 is 3.16. The van der Waals surface area contributed by atoms with Crippen molar-refractivity contribution in [3.05, 3.63) is 10.6 Å². The average Bonchev–Trinajstić information content (AvgIpc) is 1.65. The summed E-state index contributed by atoms with van der Waals surface area (Å²) in [7, 11) is 0. The van der Waals surface area contributed by atoms with Crippen molar-refractivity contribution in [2.75, 3.05) is 0 Å². The molecule has 0 aliphatic rings. The molecule has 0 heterocycles. The molecule has 0 saturated carbocycles. The first-order valence-corrected chi connectivity index (χ1v) is 3.32. The van der Waals surface area contributed by atoms with Crippen LogP contribution in [0.5, 0.6) is 0 Å². The van der Waals surface area contributed by atoms with Gasteiger partial charge >= 0.3 is 0 Å². The molecule has 0 amide bonds. The van der Waals surface area contributed by atoms with Crippen LogP contribution in [0.2, 0.25) is 0 Å². The van der Waals surface area contributed by atoms with E-state index in [9.17, 15) is 4.79 Å². The van der Waals surface area contributed by atoms with Gasteiger partial charge in [0.1, 0.15) is 0 Å². The first-order valence-electron chi connectivity index (χ1n) is 2.53. The summed E-state index contributed by atoms with van der Waals surface area (Å²) in [6, 6.07) is 0. The number of carbonyl (C=O) groups excluding carboxylic acids is 1. The second-order valence-corrected chi connectivity index (χ2v) is 2.80. The fraction of sp³-hybridized carbons (Fsp3) is 0.500. The third-order valence-electron chi connectivity index (χ3n) is 0.708. The number of halogens is 1. The van der Waals surface area contributed by atoms with Gasteiger partial charge in [-0.2, -0.15) is 0 Å². The molecule has 0 unspecified atom stereocenters. The molecule has 8 heavy (non-hydrogen) atoms. The summed E-state index contributed by atoms with van der Waals surface area (Å²) < 4.78 is 0.893. The van der Waals surface area contributed by atoms with Crippen molar-refractivity contribution in [3.8, 4) is 0 Å². The van der Waals surface area contributed by atoms with Crippen LogP contribution >= 0.6 is 15.9 Å². The Morgan fingerprint density at radius 3 is 2.38 bits per heavy atom. The quantitative estimate of drug-likeness (QED) is 0.591. The highest BCUT2D eigenvalue weighted by atomic mass is 79.9. The van der Waals surface area contributed by atoms with E-state index in [-0.39, 0.29) is 5.78 Å². The van der Waals surface area contributed by atoms with E-state index in [1.54, 1.807) is 6.08 Å². The van der Waals surface area contributed by atoms with E-state index in [0.29, 0.717) is 6.42 Å². The van der Waals surface area contributed by atoms with Crippen molar-refractivity contribution in [1.82, 2.24) is 0 Å². The molecule has 0 aromatic rings. The van der Waals surface area contributed by atoms with Gasteiger partial charge in [0.2, 0.25) is 0 Å². The van der Waals surface area contributed by atoms with Crippen LogP contribution in [0.25, 0.3) is 0 Å². The number of hydrogen-bond acceptors (Lipinski definition) is 1. The second kappa shape index (κ2) is 3.84. The molecule has 0 N–H and O–H groups in total. The Labute approximate surface area is 57.9 Å². The van der Waals surface area contributed by atoms with Crippen LogP contribution in [0.1, 0.15) is 20.3 Å². The molecule has 0 atom stereocenters. The molecule has 0 bridgehead atoms. The van der Waals surface area contributed by atoms with Crippen LogP contribution in [0.4, 0.5) is 0 Å². The molecule has 2 heteroatoms. The maximum absolute atomic E-state index is 10.5. The van der Waals surface area contributed by atoms with Gasteiger partial charge in [0.05, 0.1) is 0 Å². The number of rotatable bonds is 2. The van der Waals surface area contributed by atoms with Crippen LogP contribution in [0, 0.1) is 0 Å². The van der Waals surface area contributed by atoms with E-state index in [4.69, 9.17) is 0 Å². The summed E-state index contributed by atoms with van der Waals surface area (Å²) in [4.78, 5) is 10.5. The largest absolute Gasteiger partial charge is 0.295 e. The molecule has 0 spiro atoms. The number of hydrogen-bond donors (Lipinski definition) is 0. The minimum atomic E-state index is 0.166. The van der Waals surface area contributed by atoms with Crippen LogP contribution in [0.15, 0.2) is 10.6 Å². The summed E-state index contributed by atoms with van der Waals surface area (Å²) in [5.74, 6) is 0.166. The van der Waals surface area contributed by atoms with E-state index < -0.39 is 0 Å². The lowest BCUT2D eigenvalue weighted by Crippen LogP contribution is -1.86. The molecule has 0 radical (unpaired) electrons. The van der Waals surface area contributed by atoms with Crippen LogP contribution in [0.3, 0.4) is 0 Å². The molecular formula is C6H9BrO. The predicted octanol–water partition coefficient (Wildman–Crippen LogP) is 2.26. The van der Waals surface area contributed by atoms with Crippen molar-refractivity contribution in [3.63, 3.8) is 0 Å².